The van der Waals surface area contributed by atoms with E-state index in [1.165, 1.54) is 26.2 Å². The van der Waals surface area contributed by atoms with Crippen molar-refractivity contribution in [2.75, 3.05) is 45.9 Å². The van der Waals surface area contributed by atoms with Crippen LogP contribution in [0.1, 0.15) is 5.69 Å². The van der Waals surface area contributed by atoms with E-state index in [1.807, 2.05) is 43.3 Å². The Balaban J connectivity index is 1.90. The highest BCUT2D eigenvalue weighted by Crippen LogP contribution is 2.35. The fourth-order valence-corrected chi connectivity index (χ4v) is 3.83. The van der Waals surface area contributed by atoms with E-state index in [0.717, 1.165) is 16.8 Å². The molecule has 0 saturated carbocycles. The Kier molecular flexibility index (Phi) is 7.52. The van der Waals surface area contributed by atoms with Crippen molar-refractivity contribution in [2.24, 2.45) is 0 Å². The second-order valence-electron chi connectivity index (χ2n) is 8.08. The molecule has 0 amide bonds. The number of carbonyl (C=O) groups excluding carboxylic acids is 3. The van der Waals surface area contributed by atoms with Crippen LogP contribution in [0.25, 0.3) is 27.6 Å². The van der Waals surface area contributed by atoms with Gasteiger partial charge in [-0.25, -0.2) is 14.5 Å². The fourth-order valence-electron chi connectivity index (χ4n) is 3.83. The lowest BCUT2D eigenvalue weighted by Crippen LogP contribution is -2.36. The number of benzene rings is 2. The summed E-state index contributed by atoms with van der Waals surface area (Å²) in [5.74, 6) is -1.52. The zero-order chi connectivity index (χ0) is 26.5. The van der Waals surface area contributed by atoms with Crippen molar-refractivity contribution < 1.29 is 33.3 Å². The number of aryl methyl sites for hydroxylation is 1. The number of nitrogens with zero attached hydrogens (tertiary/aromatic N) is 4. The Bertz CT molecular complexity index is 1450. The molecule has 0 fully saturated rings. The summed E-state index contributed by atoms with van der Waals surface area (Å²) < 4.78 is 21.8. The number of esters is 3. The third-order valence-corrected chi connectivity index (χ3v) is 5.73. The molecule has 11 nitrogen and oxygen atoms in total. The summed E-state index contributed by atoms with van der Waals surface area (Å²) in [4.78, 5) is 42.4. The van der Waals surface area contributed by atoms with Crippen molar-refractivity contribution in [2.45, 2.75) is 6.92 Å². The fraction of sp³-hybridized carbons (Fsp3) is 0.269. The number of ether oxygens (including phenoxy) is 4. The lowest BCUT2D eigenvalue weighted by Gasteiger charge is -2.25. The van der Waals surface area contributed by atoms with E-state index in [0.29, 0.717) is 22.2 Å². The summed E-state index contributed by atoms with van der Waals surface area (Å²) in [5, 5.41) is 6.21. The van der Waals surface area contributed by atoms with Gasteiger partial charge in [0.2, 0.25) is 0 Å². The normalized spacial score (nSPS) is 10.8. The number of hydrogen-bond acceptors (Lipinski definition) is 10. The van der Waals surface area contributed by atoms with Gasteiger partial charge in [-0.2, -0.15) is 5.10 Å². The molecule has 0 aliphatic heterocycles. The van der Waals surface area contributed by atoms with Gasteiger partial charge in [-0.05, 0) is 31.2 Å². The molecule has 0 saturated heterocycles. The molecule has 2 aromatic heterocycles. The number of fused-ring (bicyclic) bond motifs is 2. The molecule has 11 heteroatoms. The highest BCUT2D eigenvalue weighted by molar-refractivity contribution is 5.97. The number of pyridine rings is 1. The van der Waals surface area contributed by atoms with Crippen LogP contribution in [0.5, 0.6) is 5.75 Å². The number of para-hydroxylation sites is 1. The number of methoxy groups -OCH3 is 3. The lowest BCUT2D eigenvalue weighted by molar-refractivity contribution is -0.143. The monoisotopic (exact) mass is 506 g/mol. The highest BCUT2D eigenvalue weighted by atomic mass is 16.6. The molecule has 0 unspecified atom stereocenters. The molecule has 0 spiro atoms. The Morgan fingerprint density at radius 2 is 1.54 bits per heavy atom. The van der Waals surface area contributed by atoms with Crippen LogP contribution in [0.4, 0.5) is 5.69 Å². The van der Waals surface area contributed by atoms with Crippen molar-refractivity contribution in [3.8, 4) is 11.4 Å². The van der Waals surface area contributed by atoms with Crippen molar-refractivity contribution in [1.29, 1.82) is 0 Å². The topological polar surface area (TPSA) is 122 Å². The first kappa shape index (κ1) is 25.4. The summed E-state index contributed by atoms with van der Waals surface area (Å²) in [6.45, 7) is 0.992. The van der Waals surface area contributed by atoms with Crippen LogP contribution < -0.4 is 9.64 Å². The maximum atomic E-state index is 12.2. The molecule has 0 bridgehead atoms. The molecule has 4 aromatic rings. The maximum absolute atomic E-state index is 12.2. The summed E-state index contributed by atoms with van der Waals surface area (Å²) >= 11 is 0. The van der Waals surface area contributed by atoms with Crippen molar-refractivity contribution >= 4 is 45.5 Å². The first-order chi connectivity index (χ1) is 17.8. The van der Waals surface area contributed by atoms with E-state index >= 15 is 0 Å². The van der Waals surface area contributed by atoms with Gasteiger partial charge in [0.05, 0.1) is 43.9 Å². The van der Waals surface area contributed by atoms with Crippen LogP contribution in [0, 0.1) is 6.92 Å². The standard InChI is InChI=1S/C26H26N4O7/c1-16-19-10-17-11-21(29(13-23(31)34-2)14-24(32)35-3)22(37-15-25(33)36-4)12-20(17)27-26(19)30(28-16)18-8-6-5-7-9-18/h5-12H,13-15H2,1-4H3. The molecular weight excluding hydrogens is 480 g/mol. The van der Waals surface area contributed by atoms with Gasteiger partial charge in [0, 0.05) is 16.8 Å². The summed E-state index contributed by atoms with van der Waals surface area (Å²) in [6, 6.07) is 14.9. The van der Waals surface area contributed by atoms with Crippen LogP contribution in [-0.2, 0) is 28.6 Å². The minimum atomic E-state index is -0.597. The summed E-state index contributed by atoms with van der Waals surface area (Å²) in [5.41, 5.74) is 3.21. The molecule has 0 N–H and O–H groups in total. The van der Waals surface area contributed by atoms with Crippen LogP contribution in [0.3, 0.4) is 0 Å². The number of anilines is 1. The van der Waals surface area contributed by atoms with E-state index in [4.69, 9.17) is 23.9 Å². The summed E-state index contributed by atoms with van der Waals surface area (Å²) in [6.07, 6.45) is 0. The van der Waals surface area contributed by atoms with Crippen LogP contribution in [0.2, 0.25) is 0 Å². The Labute approximate surface area is 212 Å². The van der Waals surface area contributed by atoms with E-state index < -0.39 is 17.9 Å². The average Bonchev–Trinajstić information content (AvgIpc) is 3.24. The molecule has 0 atom stereocenters. The van der Waals surface area contributed by atoms with Gasteiger partial charge in [0.1, 0.15) is 18.8 Å². The first-order valence-electron chi connectivity index (χ1n) is 11.3. The number of aromatic nitrogens is 3. The molecule has 0 aliphatic rings. The van der Waals surface area contributed by atoms with E-state index in [-0.39, 0.29) is 25.4 Å². The van der Waals surface area contributed by atoms with Gasteiger partial charge in [-0.3, -0.25) is 9.59 Å². The van der Waals surface area contributed by atoms with E-state index in [1.54, 1.807) is 16.8 Å². The quantitative estimate of drug-likeness (QED) is 0.247. The van der Waals surface area contributed by atoms with E-state index in [9.17, 15) is 14.4 Å². The van der Waals surface area contributed by atoms with Gasteiger partial charge in [0.15, 0.2) is 12.3 Å². The molecule has 4 rings (SSSR count). The number of hydrogen-bond donors (Lipinski definition) is 0. The first-order valence-corrected chi connectivity index (χ1v) is 11.3. The molecule has 0 aliphatic carbocycles. The Hall–Kier alpha value is -4.67. The van der Waals surface area contributed by atoms with Crippen molar-refractivity contribution in [3.05, 3.63) is 54.2 Å². The Morgan fingerprint density at radius 3 is 2.16 bits per heavy atom. The largest absolute Gasteiger partial charge is 0.480 e. The molecular formula is C26H26N4O7. The Morgan fingerprint density at radius 1 is 0.892 bits per heavy atom. The lowest BCUT2D eigenvalue weighted by atomic mass is 10.1. The zero-order valence-electron chi connectivity index (χ0n) is 20.9. The minimum absolute atomic E-state index is 0.222. The minimum Gasteiger partial charge on any atom is -0.480 e. The second kappa shape index (κ2) is 10.9. The van der Waals surface area contributed by atoms with Crippen LogP contribution in [-0.4, -0.2) is 73.7 Å². The molecule has 2 aromatic carbocycles. The molecule has 37 heavy (non-hydrogen) atoms. The van der Waals surface area contributed by atoms with E-state index in [2.05, 4.69) is 5.10 Å². The van der Waals surface area contributed by atoms with Crippen LogP contribution in [0.15, 0.2) is 48.5 Å². The highest BCUT2D eigenvalue weighted by Gasteiger charge is 2.22. The molecule has 0 radical (unpaired) electrons. The summed E-state index contributed by atoms with van der Waals surface area (Å²) in [7, 11) is 3.75. The van der Waals surface area contributed by atoms with Crippen LogP contribution >= 0.6 is 0 Å². The number of carbonyl (C=O) groups is 3. The SMILES string of the molecule is COC(=O)COc1cc2nc3c(cc2cc1N(CC(=O)OC)CC(=O)OC)c(C)nn3-c1ccccc1. The van der Waals surface area contributed by atoms with Gasteiger partial charge in [0.25, 0.3) is 0 Å². The average molecular weight is 507 g/mol. The van der Waals surface area contributed by atoms with Crippen molar-refractivity contribution in [1.82, 2.24) is 14.8 Å². The molecule has 2 heterocycles. The van der Waals surface area contributed by atoms with Crippen molar-refractivity contribution in [3.63, 3.8) is 0 Å². The van der Waals surface area contributed by atoms with Gasteiger partial charge < -0.3 is 23.8 Å². The van der Waals surface area contributed by atoms with Gasteiger partial charge >= 0.3 is 17.9 Å². The predicted molar refractivity (Wildman–Crippen MR) is 135 cm³/mol. The van der Waals surface area contributed by atoms with Gasteiger partial charge in [-0.15, -0.1) is 0 Å². The maximum Gasteiger partial charge on any atom is 0.343 e. The second-order valence-corrected chi connectivity index (χ2v) is 8.08. The third-order valence-electron chi connectivity index (χ3n) is 5.73. The van der Waals surface area contributed by atoms with Gasteiger partial charge in [-0.1, -0.05) is 18.2 Å². The third kappa shape index (κ3) is 5.45. The smallest absolute Gasteiger partial charge is 0.343 e. The zero-order valence-corrected chi connectivity index (χ0v) is 20.9. The molecule has 192 valence electrons. The number of rotatable bonds is 9. The predicted octanol–water partition coefficient (Wildman–Crippen LogP) is 2.59.